The first-order valence-corrected chi connectivity index (χ1v) is 0.500. The Balaban J connectivity index is -0.00000000500. The third-order valence-electron chi connectivity index (χ3n) is 0. The lowest BCUT2D eigenvalue weighted by Gasteiger charge is -0.813. The Morgan fingerprint density at radius 2 is 1.00 bits per heavy atom. The highest BCUT2D eigenvalue weighted by molar-refractivity contribution is 5.76. The van der Waals surface area contributed by atoms with Gasteiger partial charge in [0.15, 0.2) is 17.4 Å². The molecule has 0 spiro atoms. The largest absolute Gasteiger partial charge is 0.316 e. The molecule has 0 aliphatic heterocycles. The van der Waals surface area contributed by atoms with E-state index in [1.165, 1.54) is 0 Å². The van der Waals surface area contributed by atoms with Gasteiger partial charge in [-0.05, 0) is 0 Å². The SMILES string of the molecule is C=C.[AlH3].[MgH2]. The molecule has 0 fully saturated rings. The number of rotatable bonds is 0. The van der Waals surface area contributed by atoms with Gasteiger partial charge in [-0.1, -0.05) is 0 Å². The summed E-state index contributed by atoms with van der Waals surface area (Å²) in [6.45, 7) is 6.00. The molecule has 22 valence electrons. The second kappa shape index (κ2) is 34.6. The summed E-state index contributed by atoms with van der Waals surface area (Å²) in [6.07, 6.45) is 0. The van der Waals surface area contributed by atoms with E-state index in [2.05, 4.69) is 13.2 Å². The van der Waals surface area contributed by atoms with E-state index in [0.29, 0.717) is 0 Å². The maximum Gasteiger partial charge on any atom is 0.316 e. The van der Waals surface area contributed by atoms with E-state index in [9.17, 15) is 0 Å². The first kappa shape index (κ1) is 19.8. The van der Waals surface area contributed by atoms with Gasteiger partial charge in [0, 0.05) is 0 Å². The van der Waals surface area contributed by atoms with Crippen LogP contribution in [0.15, 0.2) is 13.2 Å². The smallest absolute Gasteiger partial charge is 0.106 e. The van der Waals surface area contributed by atoms with Gasteiger partial charge in [-0.3, -0.25) is 0 Å². The molecule has 0 aromatic heterocycles. The zero-order valence-corrected chi connectivity index (χ0v) is 1.41. The summed E-state index contributed by atoms with van der Waals surface area (Å²) >= 11 is 0. The van der Waals surface area contributed by atoms with Gasteiger partial charge in [-0.2, -0.15) is 0 Å². The molecular formula is C2H9AlMg. The molecule has 0 rings (SSSR count). The van der Waals surface area contributed by atoms with E-state index in [1.807, 2.05) is 0 Å². The molecule has 0 saturated carbocycles. The van der Waals surface area contributed by atoms with Crippen molar-refractivity contribution < 1.29 is 0 Å². The van der Waals surface area contributed by atoms with Crippen molar-refractivity contribution in [2.45, 2.75) is 0 Å². The minimum atomic E-state index is 0. The summed E-state index contributed by atoms with van der Waals surface area (Å²) in [7, 11) is 0. The van der Waals surface area contributed by atoms with Crippen molar-refractivity contribution in [2.75, 3.05) is 0 Å². The molecule has 0 atom stereocenters. The standard InChI is InChI=1S/C2H4.Al.Mg.5H/c1-2;;;;;;;/h1-2H2;;;;;;;. The fourth-order valence-electron chi connectivity index (χ4n) is 0. The van der Waals surface area contributed by atoms with Gasteiger partial charge in [0.25, 0.3) is 0 Å². The minimum absolute atomic E-state index is 0. The Morgan fingerprint density at radius 1 is 1.00 bits per heavy atom. The van der Waals surface area contributed by atoms with Crippen LogP contribution in [-0.2, 0) is 0 Å². The third kappa shape index (κ3) is 11.7. The molecule has 2 heteroatoms. The van der Waals surface area contributed by atoms with Gasteiger partial charge in [0.2, 0.25) is 0 Å². The van der Waals surface area contributed by atoms with Gasteiger partial charge >= 0.3 is 23.1 Å². The Kier molecular flexibility index (Phi) is 171. The average molecular weight is 84.4 g/mol. The van der Waals surface area contributed by atoms with E-state index in [0.717, 1.165) is 0 Å². The topological polar surface area (TPSA) is 0 Å². The highest BCUT2D eigenvalue weighted by atomic mass is 27.0. The number of hydrogen-bond donors (Lipinski definition) is 0. The summed E-state index contributed by atoms with van der Waals surface area (Å²) < 4.78 is 0. The lowest BCUT2D eigenvalue weighted by molar-refractivity contribution is 2.81. The fourth-order valence-corrected chi connectivity index (χ4v) is 0. The zero-order chi connectivity index (χ0) is 2.00. The maximum atomic E-state index is 3.00. The molecule has 0 aromatic rings. The van der Waals surface area contributed by atoms with Crippen molar-refractivity contribution in [3.63, 3.8) is 0 Å². The summed E-state index contributed by atoms with van der Waals surface area (Å²) in [5.41, 5.74) is 0. The molecule has 0 N–H and O–H groups in total. The van der Waals surface area contributed by atoms with Crippen molar-refractivity contribution >= 4 is 40.4 Å². The van der Waals surface area contributed by atoms with Crippen LogP contribution in [0, 0.1) is 0 Å². The first-order chi connectivity index (χ1) is 1.00. The van der Waals surface area contributed by atoms with E-state index in [-0.39, 0.29) is 40.4 Å². The predicted octanol–water partition coefficient (Wildman–Crippen LogP) is -1.30. The van der Waals surface area contributed by atoms with Crippen LogP contribution in [0.5, 0.6) is 0 Å². The van der Waals surface area contributed by atoms with Gasteiger partial charge in [0.05, 0.1) is 0 Å². The zero-order valence-electron chi connectivity index (χ0n) is 1.41. The average Bonchev–Trinajstić information content (AvgIpc) is 1.00. The Hall–Kier alpha value is 1.04. The lowest BCUT2D eigenvalue weighted by atomic mass is 11.3. The normalized spacial score (nSPS) is 1.00. The summed E-state index contributed by atoms with van der Waals surface area (Å²) in [6, 6.07) is 0. The summed E-state index contributed by atoms with van der Waals surface area (Å²) in [5.74, 6) is 0. The predicted molar refractivity (Wildman–Crippen MR) is 29.7 cm³/mol. The van der Waals surface area contributed by atoms with E-state index in [4.69, 9.17) is 0 Å². The molecule has 0 aliphatic carbocycles. The van der Waals surface area contributed by atoms with E-state index < -0.39 is 0 Å². The second-order valence-electron chi connectivity index (χ2n) is 0. The van der Waals surface area contributed by atoms with Gasteiger partial charge in [-0.15, -0.1) is 13.2 Å². The molecule has 0 aromatic carbocycles. The molecule has 0 unspecified atom stereocenters. The third-order valence-corrected chi connectivity index (χ3v) is 0. The monoisotopic (exact) mass is 84.0 g/mol. The van der Waals surface area contributed by atoms with E-state index in [1.54, 1.807) is 0 Å². The Labute approximate surface area is 53.6 Å². The Morgan fingerprint density at radius 3 is 1.00 bits per heavy atom. The molecular weight excluding hydrogens is 75.3 g/mol. The highest BCUT2D eigenvalue weighted by Crippen LogP contribution is 0.862. The van der Waals surface area contributed by atoms with Crippen molar-refractivity contribution in [1.29, 1.82) is 0 Å². The quantitative estimate of drug-likeness (QED) is 0.253. The van der Waals surface area contributed by atoms with Gasteiger partial charge < -0.3 is 0 Å². The van der Waals surface area contributed by atoms with Crippen molar-refractivity contribution in [2.24, 2.45) is 0 Å². The molecule has 0 aliphatic rings. The Bertz CT molecular complexity index is 6.00. The summed E-state index contributed by atoms with van der Waals surface area (Å²) in [5, 5.41) is 0. The van der Waals surface area contributed by atoms with Gasteiger partial charge in [-0.25, -0.2) is 0 Å². The van der Waals surface area contributed by atoms with Crippen molar-refractivity contribution in [3.05, 3.63) is 13.2 Å². The first-order valence-electron chi connectivity index (χ1n) is 0.500. The van der Waals surface area contributed by atoms with Crippen LogP contribution in [0.1, 0.15) is 0 Å². The number of hydrogen-bond acceptors (Lipinski definition) is 0. The molecule has 0 radical (unpaired) electrons. The van der Waals surface area contributed by atoms with Gasteiger partial charge in [0.1, 0.15) is 0 Å². The molecule has 0 amide bonds. The highest BCUT2D eigenvalue weighted by Gasteiger charge is 0.601. The minimum Gasteiger partial charge on any atom is -0.106 e. The van der Waals surface area contributed by atoms with Crippen LogP contribution in [0.2, 0.25) is 0 Å². The lowest BCUT2D eigenvalue weighted by Crippen LogP contribution is -0.552. The molecule has 0 bridgehead atoms. The van der Waals surface area contributed by atoms with Crippen molar-refractivity contribution in [3.8, 4) is 0 Å². The van der Waals surface area contributed by atoms with Crippen molar-refractivity contribution in [1.82, 2.24) is 0 Å². The fraction of sp³-hybridized carbons (Fsp3) is 0. The van der Waals surface area contributed by atoms with Crippen LogP contribution in [-0.4, -0.2) is 40.4 Å². The molecule has 0 nitrogen and oxygen atoms in total. The molecule has 4 heavy (non-hydrogen) atoms. The second-order valence-corrected chi connectivity index (χ2v) is 0. The van der Waals surface area contributed by atoms with Crippen LogP contribution >= 0.6 is 0 Å². The van der Waals surface area contributed by atoms with Crippen LogP contribution in [0.25, 0.3) is 0 Å². The summed E-state index contributed by atoms with van der Waals surface area (Å²) in [4.78, 5) is 0. The molecule has 0 heterocycles. The van der Waals surface area contributed by atoms with Crippen LogP contribution < -0.4 is 0 Å². The maximum absolute atomic E-state index is 3.00. The van der Waals surface area contributed by atoms with Crippen LogP contribution in [0.3, 0.4) is 0 Å². The molecule has 0 saturated heterocycles. The van der Waals surface area contributed by atoms with Crippen LogP contribution in [0.4, 0.5) is 0 Å². The van der Waals surface area contributed by atoms with E-state index >= 15 is 0 Å².